The topological polar surface area (TPSA) is 87.3 Å². The van der Waals surface area contributed by atoms with Crippen molar-refractivity contribution in [3.05, 3.63) is 0 Å². The van der Waals surface area contributed by atoms with Gasteiger partial charge in [0.2, 0.25) is 17.7 Å². The molecule has 1 heterocycles. The minimum Gasteiger partial charge on any atom is -0.356 e. The van der Waals surface area contributed by atoms with E-state index in [1.807, 2.05) is 20.8 Å². The lowest BCUT2D eigenvalue weighted by Gasteiger charge is -2.20. The van der Waals surface area contributed by atoms with E-state index < -0.39 is 6.04 Å². The van der Waals surface area contributed by atoms with E-state index in [0.717, 1.165) is 25.8 Å². The Bertz CT molecular complexity index is 410. The van der Waals surface area contributed by atoms with Gasteiger partial charge < -0.3 is 16.0 Å². The quantitative estimate of drug-likeness (QED) is 0.566. The summed E-state index contributed by atoms with van der Waals surface area (Å²) in [5, 5.41) is 8.50. The average molecular weight is 325 g/mol. The molecule has 1 fully saturated rings. The highest BCUT2D eigenvalue weighted by Crippen LogP contribution is 2.13. The lowest BCUT2D eigenvalue weighted by atomic mass is 10.0. The molecule has 0 aromatic rings. The number of carbonyl (C=O) groups excluding carboxylic acids is 3. The molecule has 0 radical (unpaired) electrons. The summed E-state index contributed by atoms with van der Waals surface area (Å²) in [5.74, 6) is 0.173. The first kappa shape index (κ1) is 19.5. The number of unbranched alkanes of at least 4 members (excludes halogenated alkanes) is 1. The van der Waals surface area contributed by atoms with Crippen LogP contribution in [0.4, 0.5) is 0 Å². The number of hydrogen-bond acceptors (Lipinski definition) is 3. The van der Waals surface area contributed by atoms with Crippen LogP contribution in [0.2, 0.25) is 0 Å². The molecule has 0 saturated carbocycles. The second-order valence-corrected chi connectivity index (χ2v) is 6.71. The third-order valence-corrected chi connectivity index (χ3v) is 4.07. The van der Waals surface area contributed by atoms with Crippen molar-refractivity contribution < 1.29 is 14.4 Å². The summed E-state index contributed by atoms with van der Waals surface area (Å²) >= 11 is 0. The van der Waals surface area contributed by atoms with Gasteiger partial charge in [-0.05, 0) is 31.6 Å². The second kappa shape index (κ2) is 10.2. The molecule has 1 aliphatic heterocycles. The molecule has 0 bridgehead atoms. The lowest BCUT2D eigenvalue weighted by Crippen LogP contribution is -2.47. The standard InChI is InChI=1S/C17H31N3O3/c1-4-5-6-15(21)20-14(11-12(2)3)17(23)19-10-8-13-7-9-18-16(13)22/h12-14H,4-11H2,1-3H3,(H,18,22)(H,19,23)(H,20,21). The van der Waals surface area contributed by atoms with Gasteiger partial charge >= 0.3 is 0 Å². The predicted octanol–water partition coefficient (Wildman–Crippen LogP) is 1.35. The van der Waals surface area contributed by atoms with Crippen molar-refractivity contribution in [2.24, 2.45) is 11.8 Å². The Balaban J connectivity index is 2.41. The maximum atomic E-state index is 12.3. The predicted molar refractivity (Wildman–Crippen MR) is 89.7 cm³/mol. The highest BCUT2D eigenvalue weighted by Gasteiger charge is 2.25. The van der Waals surface area contributed by atoms with Crippen molar-refractivity contribution in [2.75, 3.05) is 13.1 Å². The maximum absolute atomic E-state index is 12.3. The van der Waals surface area contributed by atoms with Crippen LogP contribution in [0.15, 0.2) is 0 Å². The van der Waals surface area contributed by atoms with Crippen molar-refractivity contribution in [1.29, 1.82) is 0 Å². The van der Waals surface area contributed by atoms with Crippen LogP contribution in [0, 0.1) is 11.8 Å². The van der Waals surface area contributed by atoms with Crippen LogP contribution in [0.1, 0.15) is 59.3 Å². The van der Waals surface area contributed by atoms with Crippen molar-refractivity contribution in [3.63, 3.8) is 0 Å². The Morgan fingerprint density at radius 1 is 1.35 bits per heavy atom. The lowest BCUT2D eigenvalue weighted by molar-refractivity contribution is -0.129. The summed E-state index contributed by atoms with van der Waals surface area (Å²) in [6.07, 6.45) is 4.35. The molecule has 0 aliphatic carbocycles. The molecular weight excluding hydrogens is 294 g/mol. The van der Waals surface area contributed by atoms with E-state index in [0.29, 0.717) is 31.7 Å². The monoisotopic (exact) mass is 325 g/mol. The number of rotatable bonds is 10. The van der Waals surface area contributed by atoms with Crippen LogP contribution in [0.25, 0.3) is 0 Å². The second-order valence-electron chi connectivity index (χ2n) is 6.71. The summed E-state index contributed by atoms with van der Waals surface area (Å²) in [6, 6.07) is -0.489. The summed E-state index contributed by atoms with van der Waals surface area (Å²) in [5.41, 5.74) is 0. The number of carbonyl (C=O) groups is 3. The molecule has 0 spiro atoms. The van der Waals surface area contributed by atoms with Crippen LogP contribution in [0.3, 0.4) is 0 Å². The van der Waals surface area contributed by atoms with Gasteiger partial charge in [0, 0.05) is 25.4 Å². The molecule has 3 amide bonds. The summed E-state index contributed by atoms with van der Waals surface area (Å²) in [6.45, 7) is 7.28. The Morgan fingerprint density at radius 3 is 2.65 bits per heavy atom. The molecule has 1 saturated heterocycles. The number of amides is 3. The van der Waals surface area contributed by atoms with Gasteiger partial charge in [-0.1, -0.05) is 27.2 Å². The van der Waals surface area contributed by atoms with E-state index in [1.54, 1.807) is 0 Å². The van der Waals surface area contributed by atoms with Gasteiger partial charge in [-0.3, -0.25) is 14.4 Å². The fraction of sp³-hybridized carbons (Fsp3) is 0.824. The van der Waals surface area contributed by atoms with Gasteiger partial charge in [0.05, 0.1) is 0 Å². The third kappa shape index (κ3) is 7.48. The van der Waals surface area contributed by atoms with Crippen LogP contribution in [-0.2, 0) is 14.4 Å². The minimum atomic E-state index is -0.489. The molecule has 6 nitrogen and oxygen atoms in total. The van der Waals surface area contributed by atoms with E-state index in [2.05, 4.69) is 16.0 Å². The van der Waals surface area contributed by atoms with Crippen molar-refractivity contribution >= 4 is 17.7 Å². The molecule has 0 aromatic carbocycles. The smallest absolute Gasteiger partial charge is 0.242 e. The van der Waals surface area contributed by atoms with Gasteiger partial charge in [-0.2, -0.15) is 0 Å². The average Bonchev–Trinajstić information content (AvgIpc) is 2.89. The zero-order valence-electron chi connectivity index (χ0n) is 14.6. The van der Waals surface area contributed by atoms with E-state index in [4.69, 9.17) is 0 Å². The number of hydrogen-bond donors (Lipinski definition) is 3. The molecule has 6 heteroatoms. The molecule has 2 atom stereocenters. The van der Waals surface area contributed by atoms with Crippen molar-refractivity contribution in [3.8, 4) is 0 Å². The molecule has 3 N–H and O–H groups in total. The zero-order valence-corrected chi connectivity index (χ0v) is 14.6. The third-order valence-electron chi connectivity index (χ3n) is 4.07. The highest BCUT2D eigenvalue weighted by atomic mass is 16.2. The molecule has 132 valence electrons. The molecule has 2 unspecified atom stereocenters. The fourth-order valence-corrected chi connectivity index (χ4v) is 2.72. The van der Waals surface area contributed by atoms with E-state index in [-0.39, 0.29) is 23.6 Å². The first-order valence-electron chi connectivity index (χ1n) is 8.78. The zero-order chi connectivity index (χ0) is 17.2. The summed E-state index contributed by atoms with van der Waals surface area (Å²) in [4.78, 5) is 35.7. The van der Waals surface area contributed by atoms with Crippen LogP contribution >= 0.6 is 0 Å². The maximum Gasteiger partial charge on any atom is 0.242 e. The Hall–Kier alpha value is -1.59. The summed E-state index contributed by atoms with van der Waals surface area (Å²) < 4.78 is 0. The molecule has 23 heavy (non-hydrogen) atoms. The van der Waals surface area contributed by atoms with Gasteiger partial charge in [0.25, 0.3) is 0 Å². The van der Waals surface area contributed by atoms with Crippen LogP contribution < -0.4 is 16.0 Å². The number of nitrogens with one attached hydrogen (secondary N) is 3. The van der Waals surface area contributed by atoms with Crippen LogP contribution in [-0.4, -0.2) is 36.9 Å². The Morgan fingerprint density at radius 2 is 2.09 bits per heavy atom. The minimum absolute atomic E-state index is 0.00186. The normalized spacial score (nSPS) is 18.6. The van der Waals surface area contributed by atoms with Gasteiger partial charge in [0.1, 0.15) is 6.04 Å². The first-order valence-corrected chi connectivity index (χ1v) is 8.78. The summed E-state index contributed by atoms with van der Waals surface area (Å²) in [7, 11) is 0. The van der Waals surface area contributed by atoms with E-state index >= 15 is 0 Å². The molecule has 0 aromatic heterocycles. The molecular formula is C17H31N3O3. The van der Waals surface area contributed by atoms with Crippen molar-refractivity contribution in [2.45, 2.75) is 65.3 Å². The van der Waals surface area contributed by atoms with Gasteiger partial charge in [-0.15, -0.1) is 0 Å². The Kier molecular flexibility index (Phi) is 8.66. The van der Waals surface area contributed by atoms with Gasteiger partial charge in [0.15, 0.2) is 0 Å². The molecule has 1 aliphatic rings. The van der Waals surface area contributed by atoms with E-state index in [1.165, 1.54) is 0 Å². The first-order chi connectivity index (χ1) is 10.9. The van der Waals surface area contributed by atoms with Crippen LogP contribution in [0.5, 0.6) is 0 Å². The largest absolute Gasteiger partial charge is 0.356 e. The highest BCUT2D eigenvalue weighted by molar-refractivity contribution is 5.87. The molecule has 1 rings (SSSR count). The van der Waals surface area contributed by atoms with E-state index in [9.17, 15) is 14.4 Å². The fourth-order valence-electron chi connectivity index (χ4n) is 2.72. The van der Waals surface area contributed by atoms with Crippen molar-refractivity contribution in [1.82, 2.24) is 16.0 Å². The van der Waals surface area contributed by atoms with Gasteiger partial charge in [-0.25, -0.2) is 0 Å². The SMILES string of the molecule is CCCCC(=O)NC(CC(C)C)C(=O)NCCC1CCNC1=O. The Labute approximate surface area is 139 Å².